The summed E-state index contributed by atoms with van der Waals surface area (Å²) in [7, 11) is 0. The van der Waals surface area contributed by atoms with Crippen molar-refractivity contribution in [2.45, 2.75) is 55.1 Å². The van der Waals surface area contributed by atoms with Crippen molar-refractivity contribution in [1.82, 2.24) is 9.97 Å². The molecular formula is C14H17N3OS. The molecule has 1 spiro atoms. The normalized spacial score (nSPS) is 24.3. The molecule has 2 fully saturated rings. The van der Waals surface area contributed by atoms with E-state index in [0.717, 1.165) is 42.2 Å². The van der Waals surface area contributed by atoms with Crippen molar-refractivity contribution in [2.75, 3.05) is 11.2 Å². The number of rotatable bonds is 2. The zero-order chi connectivity index (χ0) is 13.0. The summed E-state index contributed by atoms with van der Waals surface area (Å²) in [5, 5.41) is 0.771. The van der Waals surface area contributed by atoms with Crippen LogP contribution in [-0.4, -0.2) is 28.2 Å². The maximum Gasteiger partial charge on any atom is 0.239 e. The molecule has 0 atom stereocenters. The lowest BCUT2D eigenvalue weighted by molar-refractivity contribution is -0.120. The van der Waals surface area contributed by atoms with Crippen LogP contribution in [0.15, 0.2) is 11.4 Å². The van der Waals surface area contributed by atoms with Gasteiger partial charge in [0.25, 0.3) is 0 Å². The van der Waals surface area contributed by atoms with E-state index in [1.807, 2.05) is 17.4 Å². The van der Waals surface area contributed by atoms with Gasteiger partial charge in [0.05, 0.1) is 5.41 Å². The van der Waals surface area contributed by atoms with Crippen molar-refractivity contribution in [2.24, 2.45) is 0 Å². The van der Waals surface area contributed by atoms with Gasteiger partial charge in [-0.2, -0.15) is 0 Å². The molecule has 19 heavy (non-hydrogen) atoms. The molecule has 0 aromatic carbocycles. The highest BCUT2D eigenvalue weighted by Crippen LogP contribution is 2.57. The SMILES string of the molecule is CSc1ncc2c(n1)N(C1CCCC1)C(=O)C21CC1. The molecule has 0 N–H and O–H groups in total. The molecule has 1 aromatic heterocycles. The first-order valence-corrected chi connectivity index (χ1v) is 8.24. The van der Waals surface area contributed by atoms with Gasteiger partial charge in [0.2, 0.25) is 5.91 Å². The first kappa shape index (κ1) is 11.7. The summed E-state index contributed by atoms with van der Waals surface area (Å²) in [6.45, 7) is 0. The van der Waals surface area contributed by atoms with Crippen molar-refractivity contribution in [3.8, 4) is 0 Å². The highest BCUT2D eigenvalue weighted by molar-refractivity contribution is 7.98. The molecule has 2 heterocycles. The summed E-state index contributed by atoms with van der Waals surface area (Å²) >= 11 is 1.54. The van der Waals surface area contributed by atoms with Crippen molar-refractivity contribution >= 4 is 23.5 Å². The third kappa shape index (κ3) is 1.51. The molecule has 1 aromatic rings. The largest absolute Gasteiger partial charge is 0.293 e. The Balaban J connectivity index is 1.83. The Morgan fingerprint density at radius 2 is 2.11 bits per heavy atom. The summed E-state index contributed by atoms with van der Waals surface area (Å²) in [5.41, 5.74) is 0.844. The average molecular weight is 275 g/mol. The van der Waals surface area contributed by atoms with Gasteiger partial charge in [-0.25, -0.2) is 9.97 Å². The van der Waals surface area contributed by atoms with E-state index in [4.69, 9.17) is 0 Å². The lowest BCUT2D eigenvalue weighted by atomic mass is 10.0. The Bertz CT molecular complexity index is 550. The number of amides is 1. The van der Waals surface area contributed by atoms with E-state index >= 15 is 0 Å². The van der Waals surface area contributed by atoms with Crippen LogP contribution in [0.4, 0.5) is 5.82 Å². The Kier molecular flexibility index (Phi) is 2.43. The van der Waals surface area contributed by atoms with Crippen molar-refractivity contribution < 1.29 is 4.79 Å². The summed E-state index contributed by atoms with van der Waals surface area (Å²) in [4.78, 5) is 23.8. The second-order valence-corrected chi connectivity index (χ2v) is 6.56. The number of carbonyl (C=O) groups is 1. The minimum atomic E-state index is -0.241. The average Bonchev–Trinajstić information content (AvgIpc) is 3.00. The lowest BCUT2D eigenvalue weighted by Gasteiger charge is -2.24. The molecule has 4 nitrogen and oxygen atoms in total. The van der Waals surface area contributed by atoms with Gasteiger partial charge in [0.1, 0.15) is 5.82 Å². The van der Waals surface area contributed by atoms with Crippen LogP contribution in [0.1, 0.15) is 44.1 Å². The second kappa shape index (κ2) is 3.95. The maximum absolute atomic E-state index is 12.8. The molecule has 2 aliphatic carbocycles. The first-order valence-electron chi connectivity index (χ1n) is 7.01. The predicted molar refractivity (Wildman–Crippen MR) is 74.5 cm³/mol. The molecular weight excluding hydrogens is 258 g/mol. The second-order valence-electron chi connectivity index (χ2n) is 5.79. The van der Waals surface area contributed by atoms with Crippen LogP contribution >= 0.6 is 11.8 Å². The summed E-state index contributed by atoms with van der Waals surface area (Å²) in [6.07, 6.45) is 10.5. The van der Waals surface area contributed by atoms with Gasteiger partial charge in [-0.3, -0.25) is 9.69 Å². The Labute approximate surface area is 117 Å². The van der Waals surface area contributed by atoms with Gasteiger partial charge >= 0.3 is 0 Å². The lowest BCUT2D eigenvalue weighted by Crippen LogP contribution is -2.39. The van der Waals surface area contributed by atoms with Gasteiger partial charge in [-0.15, -0.1) is 0 Å². The van der Waals surface area contributed by atoms with Crippen molar-refractivity contribution in [1.29, 1.82) is 0 Å². The van der Waals surface area contributed by atoms with Crippen LogP contribution in [0.3, 0.4) is 0 Å². The Hall–Kier alpha value is -1.10. The van der Waals surface area contributed by atoms with Crippen molar-refractivity contribution in [3.63, 3.8) is 0 Å². The molecule has 1 amide bonds. The van der Waals surface area contributed by atoms with Crippen LogP contribution in [0.2, 0.25) is 0 Å². The number of aromatic nitrogens is 2. The van der Waals surface area contributed by atoms with E-state index in [1.165, 1.54) is 12.8 Å². The third-order valence-electron chi connectivity index (χ3n) is 4.74. The molecule has 0 saturated heterocycles. The van der Waals surface area contributed by atoms with Gasteiger partial charge in [-0.1, -0.05) is 24.6 Å². The minimum Gasteiger partial charge on any atom is -0.293 e. The molecule has 3 aliphatic rings. The molecule has 0 bridgehead atoms. The highest BCUT2D eigenvalue weighted by Gasteiger charge is 2.61. The van der Waals surface area contributed by atoms with E-state index in [1.54, 1.807) is 11.8 Å². The van der Waals surface area contributed by atoms with Crippen LogP contribution < -0.4 is 4.90 Å². The molecule has 0 radical (unpaired) electrons. The van der Waals surface area contributed by atoms with Gasteiger partial charge in [-0.05, 0) is 31.9 Å². The zero-order valence-electron chi connectivity index (χ0n) is 11.1. The van der Waals surface area contributed by atoms with Crippen molar-refractivity contribution in [3.05, 3.63) is 11.8 Å². The maximum atomic E-state index is 12.8. The monoisotopic (exact) mass is 275 g/mol. The van der Waals surface area contributed by atoms with Crippen LogP contribution in [0.25, 0.3) is 0 Å². The number of nitrogens with zero attached hydrogens (tertiary/aromatic N) is 3. The molecule has 5 heteroatoms. The summed E-state index contributed by atoms with van der Waals surface area (Å²) < 4.78 is 0. The van der Waals surface area contributed by atoms with Crippen LogP contribution in [-0.2, 0) is 10.2 Å². The smallest absolute Gasteiger partial charge is 0.239 e. The number of thioether (sulfide) groups is 1. The number of carbonyl (C=O) groups excluding carboxylic acids is 1. The Morgan fingerprint density at radius 3 is 2.74 bits per heavy atom. The quantitative estimate of drug-likeness (QED) is 0.614. The fourth-order valence-electron chi connectivity index (χ4n) is 3.53. The van der Waals surface area contributed by atoms with E-state index in [0.29, 0.717) is 11.9 Å². The molecule has 0 unspecified atom stereocenters. The van der Waals surface area contributed by atoms with Gasteiger partial charge in [0.15, 0.2) is 5.16 Å². The highest BCUT2D eigenvalue weighted by atomic mass is 32.2. The minimum absolute atomic E-state index is 0.241. The molecule has 4 rings (SSSR count). The summed E-state index contributed by atoms with van der Waals surface area (Å²) in [5.74, 6) is 1.20. The number of hydrogen-bond acceptors (Lipinski definition) is 4. The number of fused-ring (bicyclic) bond motifs is 2. The number of hydrogen-bond donors (Lipinski definition) is 0. The van der Waals surface area contributed by atoms with Gasteiger partial charge in [0, 0.05) is 17.8 Å². The zero-order valence-corrected chi connectivity index (χ0v) is 11.9. The van der Waals surface area contributed by atoms with E-state index in [9.17, 15) is 4.79 Å². The van der Waals surface area contributed by atoms with Crippen LogP contribution in [0, 0.1) is 0 Å². The predicted octanol–water partition coefficient (Wildman–Crippen LogP) is 2.52. The van der Waals surface area contributed by atoms with E-state index in [-0.39, 0.29) is 5.41 Å². The standard InChI is InChI=1S/C14H17N3OS/c1-19-13-15-8-10-11(16-13)17(9-4-2-3-5-9)12(18)14(10)6-7-14/h8-9H,2-7H2,1H3. The topological polar surface area (TPSA) is 46.1 Å². The van der Waals surface area contributed by atoms with Gasteiger partial charge < -0.3 is 0 Å². The fraction of sp³-hybridized carbons (Fsp3) is 0.643. The van der Waals surface area contributed by atoms with Crippen LogP contribution in [0.5, 0.6) is 0 Å². The molecule has 100 valence electrons. The summed E-state index contributed by atoms with van der Waals surface area (Å²) in [6, 6.07) is 0.371. The molecule has 2 saturated carbocycles. The third-order valence-corrected chi connectivity index (χ3v) is 5.30. The first-order chi connectivity index (χ1) is 9.26. The fourth-order valence-corrected chi connectivity index (χ4v) is 3.86. The van der Waals surface area contributed by atoms with E-state index < -0.39 is 0 Å². The molecule has 1 aliphatic heterocycles. The number of anilines is 1. The van der Waals surface area contributed by atoms with E-state index in [2.05, 4.69) is 9.97 Å². The Morgan fingerprint density at radius 1 is 1.37 bits per heavy atom.